The maximum absolute atomic E-state index is 14.7. The SMILES string of the molecule is CCOc1ccc(N2C(=O)/C(=C/c3cn(Cc4c(F)cccc4Cl)c4c(CC)cccc34)N(C)C2=S)cc1. The first-order valence-electron chi connectivity index (χ1n) is 12.4. The maximum atomic E-state index is 14.7. The fourth-order valence-electron chi connectivity index (χ4n) is 4.83. The molecule has 0 atom stereocenters. The number of thiocarbonyl (C=S) groups is 1. The van der Waals surface area contributed by atoms with E-state index < -0.39 is 0 Å². The third-order valence-corrected chi connectivity index (χ3v) is 7.55. The van der Waals surface area contributed by atoms with Gasteiger partial charge in [-0.25, -0.2) is 4.39 Å². The van der Waals surface area contributed by atoms with E-state index in [2.05, 4.69) is 13.0 Å². The summed E-state index contributed by atoms with van der Waals surface area (Å²) < 4.78 is 22.2. The van der Waals surface area contributed by atoms with Crippen LogP contribution >= 0.6 is 23.8 Å². The van der Waals surface area contributed by atoms with Crippen LogP contribution in [0, 0.1) is 5.82 Å². The van der Waals surface area contributed by atoms with Crippen molar-refractivity contribution in [3.8, 4) is 5.75 Å². The van der Waals surface area contributed by atoms with Crippen molar-refractivity contribution >= 4 is 57.5 Å². The highest BCUT2D eigenvalue weighted by Crippen LogP contribution is 2.33. The van der Waals surface area contributed by atoms with Crippen molar-refractivity contribution in [3.05, 3.63) is 100 Å². The van der Waals surface area contributed by atoms with Gasteiger partial charge in [-0.3, -0.25) is 9.69 Å². The number of halogens is 2. The number of para-hydroxylation sites is 1. The zero-order chi connectivity index (χ0) is 27.0. The van der Waals surface area contributed by atoms with Crippen molar-refractivity contribution in [2.75, 3.05) is 18.6 Å². The molecule has 38 heavy (non-hydrogen) atoms. The van der Waals surface area contributed by atoms with Crippen molar-refractivity contribution in [2.45, 2.75) is 26.8 Å². The number of aryl methyl sites for hydroxylation is 1. The van der Waals surface area contributed by atoms with Crippen molar-refractivity contribution in [1.29, 1.82) is 0 Å². The van der Waals surface area contributed by atoms with Gasteiger partial charge in [-0.1, -0.05) is 42.8 Å². The molecular weight excluding hydrogens is 521 g/mol. The van der Waals surface area contributed by atoms with Gasteiger partial charge in [0.05, 0.1) is 24.4 Å². The standard InChI is InChI=1S/C30H27ClFN3O2S/c1-4-19-8-6-9-23-20(17-34(28(19)23)18-24-25(31)10-7-11-26(24)32)16-27-29(36)35(30(38)33(27)3)21-12-14-22(15-13-21)37-5-2/h6-17H,4-5,18H2,1-3H3/b27-16-. The predicted molar refractivity (Wildman–Crippen MR) is 155 cm³/mol. The minimum absolute atomic E-state index is 0.216. The van der Waals surface area contributed by atoms with Gasteiger partial charge in [0, 0.05) is 34.8 Å². The summed E-state index contributed by atoms with van der Waals surface area (Å²) in [5, 5.41) is 1.74. The lowest BCUT2D eigenvalue weighted by Gasteiger charge is -2.16. The van der Waals surface area contributed by atoms with Crippen LogP contribution in [-0.4, -0.2) is 34.1 Å². The molecule has 0 spiro atoms. The highest BCUT2D eigenvalue weighted by molar-refractivity contribution is 7.80. The molecule has 3 aromatic carbocycles. The Kier molecular flexibility index (Phi) is 7.23. The molecule has 0 saturated carbocycles. The van der Waals surface area contributed by atoms with Gasteiger partial charge >= 0.3 is 0 Å². The number of anilines is 1. The smallest absolute Gasteiger partial charge is 0.281 e. The summed E-state index contributed by atoms with van der Waals surface area (Å²) in [7, 11) is 1.79. The minimum atomic E-state index is -0.352. The van der Waals surface area contributed by atoms with Crippen molar-refractivity contribution < 1.29 is 13.9 Å². The Balaban J connectivity index is 1.58. The van der Waals surface area contributed by atoms with Gasteiger partial charge in [0.2, 0.25) is 0 Å². The Hall–Kier alpha value is -3.68. The second-order valence-electron chi connectivity index (χ2n) is 9.02. The molecule has 0 radical (unpaired) electrons. The average molecular weight is 548 g/mol. The van der Waals surface area contributed by atoms with E-state index in [9.17, 15) is 9.18 Å². The van der Waals surface area contributed by atoms with Gasteiger partial charge in [0.25, 0.3) is 5.91 Å². The summed E-state index contributed by atoms with van der Waals surface area (Å²) >= 11 is 12.0. The second kappa shape index (κ2) is 10.6. The number of hydrogen-bond acceptors (Lipinski definition) is 3. The van der Waals surface area contributed by atoms with Gasteiger partial charge < -0.3 is 14.2 Å². The molecule has 5 nitrogen and oxygen atoms in total. The number of ether oxygens (including phenoxy) is 1. The van der Waals surface area contributed by atoms with E-state index in [1.165, 1.54) is 11.0 Å². The lowest BCUT2D eigenvalue weighted by atomic mass is 10.1. The van der Waals surface area contributed by atoms with Gasteiger partial charge in [0.15, 0.2) is 5.11 Å². The first-order chi connectivity index (χ1) is 18.3. The molecule has 1 saturated heterocycles. The van der Waals surface area contributed by atoms with Crippen LogP contribution in [-0.2, 0) is 17.8 Å². The molecule has 2 heterocycles. The van der Waals surface area contributed by atoms with E-state index in [0.717, 1.165) is 34.2 Å². The van der Waals surface area contributed by atoms with E-state index in [4.69, 9.17) is 28.6 Å². The first-order valence-corrected chi connectivity index (χ1v) is 13.2. The lowest BCUT2D eigenvalue weighted by Crippen LogP contribution is -2.31. The van der Waals surface area contributed by atoms with Crippen molar-refractivity contribution in [3.63, 3.8) is 0 Å². The molecule has 8 heteroatoms. The van der Waals surface area contributed by atoms with E-state index in [1.54, 1.807) is 24.1 Å². The van der Waals surface area contributed by atoms with Crippen LogP contribution in [0.1, 0.15) is 30.5 Å². The van der Waals surface area contributed by atoms with Crippen LogP contribution in [0.4, 0.5) is 10.1 Å². The molecule has 0 N–H and O–H groups in total. The molecule has 1 amide bonds. The van der Waals surface area contributed by atoms with Crippen molar-refractivity contribution in [1.82, 2.24) is 9.47 Å². The van der Waals surface area contributed by atoms with E-state index in [1.807, 2.05) is 60.2 Å². The van der Waals surface area contributed by atoms with Gasteiger partial charge in [-0.05, 0) is 73.6 Å². The summed E-state index contributed by atoms with van der Waals surface area (Å²) in [4.78, 5) is 16.8. The molecule has 1 aliphatic heterocycles. The Morgan fingerprint density at radius 1 is 1.05 bits per heavy atom. The third-order valence-electron chi connectivity index (χ3n) is 6.74. The number of benzene rings is 3. The van der Waals surface area contributed by atoms with Crippen LogP contribution in [0.15, 0.2) is 72.6 Å². The van der Waals surface area contributed by atoms with Crippen LogP contribution in [0.25, 0.3) is 17.0 Å². The molecule has 194 valence electrons. The predicted octanol–water partition coefficient (Wildman–Crippen LogP) is 7.05. The quantitative estimate of drug-likeness (QED) is 0.183. The number of likely N-dealkylation sites (N-methyl/N-ethyl adjacent to an activating group) is 1. The van der Waals surface area contributed by atoms with Gasteiger partial charge in [0.1, 0.15) is 17.3 Å². The van der Waals surface area contributed by atoms with Crippen LogP contribution in [0.5, 0.6) is 5.75 Å². The Morgan fingerprint density at radius 3 is 2.47 bits per heavy atom. The molecule has 5 rings (SSSR count). The summed E-state index contributed by atoms with van der Waals surface area (Å²) in [5.74, 6) is 0.161. The number of fused-ring (bicyclic) bond motifs is 1. The summed E-state index contributed by atoms with van der Waals surface area (Å²) in [6, 6.07) is 18.1. The minimum Gasteiger partial charge on any atom is -0.494 e. The zero-order valence-electron chi connectivity index (χ0n) is 21.4. The number of amides is 1. The first kappa shape index (κ1) is 25.9. The van der Waals surface area contributed by atoms with Crippen molar-refractivity contribution in [2.24, 2.45) is 0 Å². The molecular formula is C30H27ClFN3O2S. The summed E-state index contributed by atoms with van der Waals surface area (Å²) in [6.07, 6.45) is 4.60. The van der Waals surface area contributed by atoms with E-state index in [-0.39, 0.29) is 18.3 Å². The number of carbonyl (C=O) groups is 1. The van der Waals surface area contributed by atoms with Gasteiger partial charge in [-0.15, -0.1) is 0 Å². The van der Waals surface area contributed by atoms with E-state index in [0.29, 0.717) is 33.7 Å². The molecule has 0 bridgehead atoms. The topological polar surface area (TPSA) is 37.7 Å². The van der Waals surface area contributed by atoms with Crippen LogP contribution in [0.2, 0.25) is 5.02 Å². The Labute approximate surface area is 231 Å². The molecule has 0 aliphatic carbocycles. The zero-order valence-corrected chi connectivity index (χ0v) is 22.9. The lowest BCUT2D eigenvalue weighted by molar-refractivity contribution is -0.114. The normalized spacial score (nSPS) is 14.8. The average Bonchev–Trinajstić information content (AvgIpc) is 3.36. The van der Waals surface area contributed by atoms with E-state index >= 15 is 0 Å². The monoisotopic (exact) mass is 547 g/mol. The largest absolute Gasteiger partial charge is 0.494 e. The molecule has 1 fully saturated rings. The highest BCUT2D eigenvalue weighted by atomic mass is 35.5. The number of hydrogen-bond donors (Lipinski definition) is 0. The molecule has 1 aliphatic rings. The Bertz CT molecular complexity index is 1560. The molecule has 1 aromatic heterocycles. The summed E-state index contributed by atoms with van der Waals surface area (Å²) in [5.41, 5.74) is 4.50. The summed E-state index contributed by atoms with van der Waals surface area (Å²) in [6.45, 7) is 4.83. The van der Waals surface area contributed by atoms with Crippen LogP contribution < -0.4 is 9.64 Å². The maximum Gasteiger partial charge on any atom is 0.281 e. The number of nitrogens with zero attached hydrogens (tertiary/aromatic N) is 3. The molecule has 4 aromatic rings. The fraction of sp³-hybridized carbons (Fsp3) is 0.200. The van der Waals surface area contributed by atoms with Crippen LogP contribution in [0.3, 0.4) is 0 Å². The number of carbonyl (C=O) groups excluding carboxylic acids is 1. The number of aromatic nitrogens is 1. The molecule has 0 unspecified atom stereocenters. The number of rotatable bonds is 7. The Morgan fingerprint density at radius 2 is 1.79 bits per heavy atom. The second-order valence-corrected chi connectivity index (χ2v) is 9.79. The fourth-order valence-corrected chi connectivity index (χ4v) is 5.34. The third kappa shape index (κ3) is 4.57. The highest BCUT2D eigenvalue weighted by Gasteiger charge is 2.37. The van der Waals surface area contributed by atoms with Gasteiger partial charge in [-0.2, -0.15) is 0 Å².